The Bertz CT molecular complexity index is 457. The highest BCUT2D eigenvalue weighted by Crippen LogP contribution is 2.32. The molecular weight excluding hydrogens is 258 g/mol. The summed E-state index contributed by atoms with van der Waals surface area (Å²) >= 11 is 0. The summed E-state index contributed by atoms with van der Waals surface area (Å²) in [6.45, 7) is 5.03. The molecular formula is C14H21N3O3. The number of carboxylic acids is 1. The molecule has 1 saturated heterocycles. The highest BCUT2D eigenvalue weighted by Gasteiger charge is 2.34. The van der Waals surface area contributed by atoms with Crippen LogP contribution in [0.4, 0.5) is 5.82 Å². The lowest BCUT2D eigenvalue weighted by Gasteiger charge is -2.40. The molecule has 0 aliphatic carbocycles. The number of rotatable bonds is 5. The number of nitrogens with one attached hydrogen (secondary N) is 1. The summed E-state index contributed by atoms with van der Waals surface area (Å²) in [4.78, 5) is 10.7. The normalized spacial score (nSPS) is 21.4. The molecule has 0 amide bonds. The molecule has 0 saturated carbocycles. The number of anilines is 1. The molecule has 6 nitrogen and oxygen atoms in total. The predicted octanol–water partition coefficient (Wildman–Crippen LogP) is 2.32. The fourth-order valence-electron chi connectivity index (χ4n) is 2.63. The number of aromatic nitrogens is 2. The highest BCUT2D eigenvalue weighted by atomic mass is 16.5. The first-order chi connectivity index (χ1) is 9.58. The van der Waals surface area contributed by atoms with Gasteiger partial charge in [-0.3, -0.25) is 0 Å². The van der Waals surface area contributed by atoms with Gasteiger partial charge in [-0.25, -0.2) is 4.79 Å². The van der Waals surface area contributed by atoms with Crippen LogP contribution in [-0.2, 0) is 4.74 Å². The zero-order chi connectivity index (χ0) is 14.6. The van der Waals surface area contributed by atoms with E-state index < -0.39 is 5.97 Å². The van der Waals surface area contributed by atoms with Gasteiger partial charge in [-0.2, -0.15) is 0 Å². The van der Waals surface area contributed by atoms with Crippen molar-refractivity contribution in [2.24, 2.45) is 0 Å². The second-order valence-electron chi connectivity index (χ2n) is 5.18. The molecule has 1 aromatic heterocycles. The second-order valence-corrected chi connectivity index (χ2v) is 5.18. The Kier molecular flexibility index (Phi) is 4.54. The second kappa shape index (κ2) is 6.17. The molecule has 1 unspecified atom stereocenters. The summed E-state index contributed by atoms with van der Waals surface area (Å²) in [7, 11) is 0. The van der Waals surface area contributed by atoms with E-state index in [0.29, 0.717) is 5.82 Å². The van der Waals surface area contributed by atoms with Crippen LogP contribution in [0.2, 0.25) is 0 Å². The van der Waals surface area contributed by atoms with Gasteiger partial charge in [-0.05, 0) is 37.8 Å². The van der Waals surface area contributed by atoms with E-state index in [1.165, 1.54) is 6.07 Å². The molecule has 0 radical (unpaired) electrons. The van der Waals surface area contributed by atoms with Crippen LogP contribution in [0.15, 0.2) is 12.1 Å². The first kappa shape index (κ1) is 14.7. The summed E-state index contributed by atoms with van der Waals surface area (Å²) < 4.78 is 5.93. The zero-order valence-corrected chi connectivity index (χ0v) is 11.9. The van der Waals surface area contributed by atoms with Crippen LogP contribution in [0.5, 0.6) is 0 Å². The lowest BCUT2D eigenvalue weighted by molar-refractivity contribution is -0.0864. The predicted molar refractivity (Wildman–Crippen MR) is 74.9 cm³/mol. The topological polar surface area (TPSA) is 84.3 Å². The van der Waals surface area contributed by atoms with Gasteiger partial charge in [-0.15, -0.1) is 10.2 Å². The summed E-state index contributed by atoms with van der Waals surface area (Å²) in [5.41, 5.74) is -0.0938. The number of ether oxygens (including phenoxy) is 1. The maximum Gasteiger partial charge on any atom is 0.356 e. The van der Waals surface area contributed by atoms with Gasteiger partial charge in [-0.1, -0.05) is 13.8 Å². The monoisotopic (exact) mass is 279 g/mol. The van der Waals surface area contributed by atoms with E-state index >= 15 is 0 Å². The van der Waals surface area contributed by atoms with E-state index in [9.17, 15) is 4.79 Å². The van der Waals surface area contributed by atoms with Crippen molar-refractivity contribution in [3.8, 4) is 0 Å². The zero-order valence-electron chi connectivity index (χ0n) is 11.9. The molecule has 1 aliphatic heterocycles. The van der Waals surface area contributed by atoms with Crippen molar-refractivity contribution < 1.29 is 14.6 Å². The number of hydrogen-bond acceptors (Lipinski definition) is 5. The summed E-state index contributed by atoms with van der Waals surface area (Å²) in [5.74, 6) is -0.450. The van der Waals surface area contributed by atoms with Crippen molar-refractivity contribution in [1.82, 2.24) is 10.2 Å². The van der Waals surface area contributed by atoms with Crippen molar-refractivity contribution >= 4 is 11.8 Å². The molecule has 1 fully saturated rings. The Morgan fingerprint density at radius 1 is 1.45 bits per heavy atom. The lowest BCUT2D eigenvalue weighted by atomic mass is 9.86. The molecule has 2 N–H and O–H groups in total. The third-order valence-electron chi connectivity index (χ3n) is 4.02. The summed E-state index contributed by atoms with van der Waals surface area (Å²) in [5, 5.41) is 19.7. The molecule has 20 heavy (non-hydrogen) atoms. The number of carboxylic acid groups (broad SMARTS) is 1. The summed E-state index contributed by atoms with van der Waals surface area (Å²) in [6, 6.07) is 3.41. The van der Waals surface area contributed by atoms with Gasteiger partial charge >= 0.3 is 5.97 Å². The molecule has 1 atom stereocenters. The number of carbonyl (C=O) groups is 1. The Morgan fingerprint density at radius 2 is 2.20 bits per heavy atom. The van der Waals surface area contributed by atoms with E-state index in [2.05, 4.69) is 29.4 Å². The van der Waals surface area contributed by atoms with Gasteiger partial charge in [0, 0.05) is 12.6 Å². The van der Waals surface area contributed by atoms with Crippen molar-refractivity contribution in [2.75, 3.05) is 11.9 Å². The first-order valence-electron chi connectivity index (χ1n) is 7.06. The lowest BCUT2D eigenvalue weighted by Crippen LogP contribution is -2.43. The van der Waals surface area contributed by atoms with Gasteiger partial charge in [0.15, 0.2) is 5.69 Å². The van der Waals surface area contributed by atoms with E-state index in [-0.39, 0.29) is 17.3 Å². The minimum atomic E-state index is -1.06. The van der Waals surface area contributed by atoms with Crippen LogP contribution in [0.25, 0.3) is 0 Å². The Labute approximate surface area is 118 Å². The van der Waals surface area contributed by atoms with Gasteiger partial charge in [0.2, 0.25) is 0 Å². The molecule has 0 bridgehead atoms. The maximum absolute atomic E-state index is 10.7. The first-order valence-corrected chi connectivity index (χ1v) is 7.06. The fraction of sp³-hybridized carbons (Fsp3) is 0.643. The third kappa shape index (κ3) is 3.25. The smallest absolute Gasteiger partial charge is 0.356 e. The van der Waals surface area contributed by atoms with Gasteiger partial charge in [0.1, 0.15) is 5.82 Å². The van der Waals surface area contributed by atoms with Crippen LogP contribution in [-0.4, -0.2) is 39.5 Å². The number of nitrogens with zero attached hydrogens (tertiary/aromatic N) is 2. The molecule has 2 heterocycles. The Hall–Kier alpha value is -1.69. The van der Waals surface area contributed by atoms with Crippen LogP contribution >= 0.6 is 0 Å². The van der Waals surface area contributed by atoms with Crippen LogP contribution < -0.4 is 5.32 Å². The minimum Gasteiger partial charge on any atom is -0.476 e. The molecule has 2 rings (SSSR count). The largest absolute Gasteiger partial charge is 0.476 e. The van der Waals surface area contributed by atoms with E-state index in [1.807, 2.05) is 0 Å². The Balaban J connectivity index is 2.00. The summed E-state index contributed by atoms with van der Waals surface area (Å²) in [6.07, 6.45) is 3.84. The van der Waals surface area contributed by atoms with Crippen molar-refractivity contribution in [3.05, 3.63) is 17.8 Å². The quantitative estimate of drug-likeness (QED) is 0.860. The molecule has 0 spiro atoms. The van der Waals surface area contributed by atoms with Crippen molar-refractivity contribution in [1.29, 1.82) is 0 Å². The Morgan fingerprint density at radius 3 is 2.75 bits per heavy atom. The van der Waals surface area contributed by atoms with E-state index in [1.54, 1.807) is 6.07 Å². The average molecular weight is 279 g/mol. The van der Waals surface area contributed by atoms with Crippen molar-refractivity contribution in [3.63, 3.8) is 0 Å². The molecule has 0 aromatic carbocycles. The van der Waals surface area contributed by atoms with Crippen LogP contribution in [0, 0.1) is 0 Å². The SMILES string of the molecule is CCC1(CC)CC(Nc2ccc(C(=O)O)nn2)CCO1. The highest BCUT2D eigenvalue weighted by molar-refractivity contribution is 5.85. The number of hydrogen-bond donors (Lipinski definition) is 2. The molecule has 1 aliphatic rings. The minimum absolute atomic E-state index is 0.0426. The van der Waals surface area contributed by atoms with Crippen LogP contribution in [0.3, 0.4) is 0 Å². The standard InChI is InChI=1S/C14H21N3O3/c1-3-14(4-2)9-10(7-8-20-14)15-12-6-5-11(13(18)19)16-17-12/h5-6,10H,3-4,7-9H2,1-2H3,(H,15,17)(H,18,19). The van der Waals surface area contributed by atoms with Gasteiger partial charge < -0.3 is 15.2 Å². The van der Waals surface area contributed by atoms with E-state index in [4.69, 9.17) is 9.84 Å². The van der Waals surface area contributed by atoms with E-state index in [0.717, 1.165) is 32.3 Å². The van der Waals surface area contributed by atoms with Crippen LogP contribution in [0.1, 0.15) is 50.0 Å². The molecule has 1 aromatic rings. The fourth-order valence-corrected chi connectivity index (χ4v) is 2.63. The third-order valence-corrected chi connectivity index (χ3v) is 4.02. The van der Waals surface area contributed by atoms with Gasteiger partial charge in [0.25, 0.3) is 0 Å². The molecule has 6 heteroatoms. The molecule has 110 valence electrons. The van der Waals surface area contributed by atoms with Gasteiger partial charge in [0.05, 0.1) is 5.60 Å². The maximum atomic E-state index is 10.7. The number of aromatic carboxylic acids is 1. The average Bonchev–Trinajstić information content (AvgIpc) is 2.48. The van der Waals surface area contributed by atoms with Crippen molar-refractivity contribution in [2.45, 2.75) is 51.2 Å².